The number of esters is 1. The summed E-state index contributed by atoms with van der Waals surface area (Å²) in [6, 6.07) is -0.692. The molecule has 0 fully saturated rings. The van der Waals surface area contributed by atoms with Crippen LogP contribution < -0.4 is 5.32 Å². The average Bonchev–Trinajstić information content (AvgIpc) is 3.26. The summed E-state index contributed by atoms with van der Waals surface area (Å²) in [5.74, 6) is -0.446. The van der Waals surface area contributed by atoms with Crippen molar-refractivity contribution in [2.24, 2.45) is 0 Å². The molecule has 3 N–H and O–H groups in total. The Labute approximate surface area is 387 Å². The summed E-state index contributed by atoms with van der Waals surface area (Å²) in [5, 5.41) is 23.9. The van der Waals surface area contributed by atoms with E-state index in [2.05, 4.69) is 26.1 Å². The number of unbranched alkanes of at least 4 members (excludes halogenated alkanes) is 40. The molecule has 0 aliphatic rings. The van der Waals surface area contributed by atoms with Gasteiger partial charge in [-0.3, -0.25) is 9.59 Å². The second-order valence-corrected chi connectivity index (χ2v) is 19.7. The molecule has 6 nitrogen and oxygen atoms in total. The van der Waals surface area contributed by atoms with E-state index in [4.69, 9.17) is 4.74 Å². The number of aliphatic hydroxyl groups excluding tert-OH is 2. The first-order chi connectivity index (χ1) is 30.5. The lowest BCUT2D eigenvalue weighted by Gasteiger charge is -2.24. The van der Waals surface area contributed by atoms with Gasteiger partial charge in [0, 0.05) is 6.42 Å². The molecular weight excluding hydrogens is 767 g/mol. The molecule has 1 amide bonds. The van der Waals surface area contributed by atoms with Crippen LogP contribution in [0.25, 0.3) is 0 Å². The highest BCUT2D eigenvalue weighted by Crippen LogP contribution is 2.19. The zero-order valence-corrected chi connectivity index (χ0v) is 42.3. The van der Waals surface area contributed by atoms with Gasteiger partial charge in [-0.25, -0.2) is 0 Å². The number of nitrogens with one attached hydrogen (secondary N) is 1. The molecule has 0 aromatic rings. The second-order valence-electron chi connectivity index (χ2n) is 19.7. The molecule has 0 saturated carbocycles. The van der Waals surface area contributed by atoms with Crippen molar-refractivity contribution < 1.29 is 24.5 Å². The summed E-state index contributed by atoms with van der Waals surface area (Å²) in [5.41, 5.74) is 0. The van der Waals surface area contributed by atoms with Crippen LogP contribution in [0.3, 0.4) is 0 Å². The molecule has 0 aromatic carbocycles. The zero-order chi connectivity index (χ0) is 45.2. The van der Waals surface area contributed by atoms with Crippen molar-refractivity contribution in [3.05, 3.63) is 0 Å². The topological polar surface area (TPSA) is 95.9 Å². The Bertz CT molecular complexity index is 898. The van der Waals surface area contributed by atoms with Gasteiger partial charge < -0.3 is 20.3 Å². The van der Waals surface area contributed by atoms with Crippen molar-refractivity contribution in [3.63, 3.8) is 0 Å². The van der Waals surface area contributed by atoms with Crippen molar-refractivity contribution in [1.82, 2.24) is 5.32 Å². The fraction of sp³-hybridized carbons (Fsp3) is 0.964. The number of hydrogen-bond donors (Lipinski definition) is 3. The van der Waals surface area contributed by atoms with Crippen molar-refractivity contribution in [2.75, 3.05) is 6.61 Å². The second kappa shape index (κ2) is 50.9. The standard InChI is InChI=1S/C56H111NO5/c1-4-7-10-13-16-19-22-25-27-28-30-32-35-38-41-44-47-52(62-56(61)49-46-43-40-37-34-29-24-21-18-15-12-9-6-3)50-55(60)57-53(51-58)54(59)48-45-42-39-36-33-31-26-23-20-17-14-11-8-5-2/h52-54,58-59H,4-51H2,1-3H3,(H,57,60). The predicted octanol–water partition coefficient (Wildman–Crippen LogP) is 17.1. The van der Waals surface area contributed by atoms with Gasteiger partial charge in [-0.1, -0.05) is 284 Å². The highest BCUT2D eigenvalue weighted by atomic mass is 16.5. The summed E-state index contributed by atoms with van der Waals surface area (Å²) in [4.78, 5) is 26.2. The number of aliphatic hydroxyl groups is 2. The van der Waals surface area contributed by atoms with Crippen LogP contribution in [0.4, 0.5) is 0 Å². The van der Waals surface area contributed by atoms with Gasteiger partial charge in [-0.2, -0.15) is 0 Å². The number of ether oxygens (including phenoxy) is 1. The maximum atomic E-state index is 13.2. The van der Waals surface area contributed by atoms with Crippen LogP contribution in [-0.2, 0) is 14.3 Å². The first-order valence-electron chi connectivity index (χ1n) is 28.3. The van der Waals surface area contributed by atoms with Gasteiger partial charge >= 0.3 is 5.97 Å². The lowest BCUT2D eigenvalue weighted by Crippen LogP contribution is -2.46. The fourth-order valence-corrected chi connectivity index (χ4v) is 9.14. The molecule has 0 aliphatic carbocycles. The fourth-order valence-electron chi connectivity index (χ4n) is 9.14. The van der Waals surface area contributed by atoms with E-state index in [1.807, 2.05) is 0 Å². The lowest BCUT2D eigenvalue weighted by atomic mass is 10.0. The molecule has 0 rings (SSSR count). The highest BCUT2D eigenvalue weighted by Gasteiger charge is 2.24. The van der Waals surface area contributed by atoms with Crippen molar-refractivity contribution >= 4 is 11.9 Å². The molecule has 0 spiro atoms. The Hall–Kier alpha value is -1.14. The molecule has 3 unspecified atom stereocenters. The van der Waals surface area contributed by atoms with Crippen molar-refractivity contribution in [2.45, 2.75) is 341 Å². The Morgan fingerprint density at radius 2 is 0.677 bits per heavy atom. The third-order valence-corrected chi connectivity index (χ3v) is 13.4. The van der Waals surface area contributed by atoms with Crippen LogP contribution >= 0.6 is 0 Å². The molecule has 3 atom stereocenters. The smallest absolute Gasteiger partial charge is 0.306 e. The minimum atomic E-state index is -0.779. The minimum absolute atomic E-state index is 0.0885. The van der Waals surface area contributed by atoms with Crippen LogP contribution in [-0.4, -0.2) is 46.9 Å². The molecule has 0 aliphatic heterocycles. The molecule has 0 radical (unpaired) electrons. The summed E-state index contributed by atoms with van der Waals surface area (Å²) < 4.78 is 5.96. The van der Waals surface area contributed by atoms with Crippen LogP contribution in [0, 0.1) is 0 Å². The Balaban J connectivity index is 4.50. The van der Waals surface area contributed by atoms with Gasteiger partial charge in [0.15, 0.2) is 0 Å². The minimum Gasteiger partial charge on any atom is -0.462 e. The summed E-state index contributed by atoms with van der Waals surface area (Å²) >= 11 is 0. The van der Waals surface area contributed by atoms with Crippen molar-refractivity contribution in [3.8, 4) is 0 Å². The summed E-state index contributed by atoms with van der Waals surface area (Å²) in [6.07, 6.45) is 55.9. The molecule has 62 heavy (non-hydrogen) atoms. The van der Waals surface area contributed by atoms with Crippen LogP contribution in [0.15, 0.2) is 0 Å². The van der Waals surface area contributed by atoms with Crippen LogP contribution in [0.2, 0.25) is 0 Å². The first-order valence-corrected chi connectivity index (χ1v) is 28.3. The zero-order valence-electron chi connectivity index (χ0n) is 42.3. The van der Waals surface area contributed by atoms with Crippen LogP contribution in [0.1, 0.15) is 323 Å². The largest absolute Gasteiger partial charge is 0.462 e. The lowest BCUT2D eigenvalue weighted by molar-refractivity contribution is -0.151. The van der Waals surface area contributed by atoms with Gasteiger partial charge in [-0.05, 0) is 25.7 Å². The van der Waals surface area contributed by atoms with E-state index >= 15 is 0 Å². The van der Waals surface area contributed by atoms with Crippen molar-refractivity contribution in [1.29, 1.82) is 0 Å². The van der Waals surface area contributed by atoms with E-state index in [0.29, 0.717) is 19.3 Å². The molecule has 370 valence electrons. The van der Waals surface area contributed by atoms with E-state index in [1.54, 1.807) is 0 Å². The normalized spacial score (nSPS) is 13.0. The number of carbonyl (C=O) groups is 2. The first kappa shape index (κ1) is 60.9. The molecule has 6 heteroatoms. The van der Waals surface area contributed by atoms with E-state index in [-0.39, 0.29) is 24.9 Å². The molecule has 0 bridgehead atoms. The Morgan fingerprint density at radius 3 is 0.984 bits per heavy atom. The summed E-state index contributed by atoms with van der Waals surface area (Å²) in [6.45, 7) is 6.53. The van der Waals surface area contributed by atoms with Gasteiger partial charge in [0.05, 0.1) is 25.2 Å². The third kappa shape index (κ3) is 45.4. The number of amides is 1. The van der Waals surface area contributed by atoms with Gasteiger partial charge in [0.25, 0.3) is 0 Å². The Kier molecular flexibility index (Phi) is 49.9. The van der Waals surface area contributed by atoms with E-state index in [0.717, 1.165) is 38.5 Å². The van der Waals surface area contributed by atoms with Gasteiger partial charge in [0.1, 0.15) is 6.10 Å². The average molecular weight is 879 g/mol. The number of rotatable bonds is 52. The monoisotopic (exact) mass is 878 g/mol. The maximum Gasteiger partial charge on any atom is 0.306 e. The number of carbonyl (C=O) groups excluding carboxylic acids is 2. The quantitative estimate of drug-likeness (QED) is 0.0418. The van der Waals surface area contributed by atoms with E-state index < -0.39 is 18.2 Å². The molecule has 0 heterocycles. The highest BCUT2D eigenvalue weighted by molar-refractivity contribution is 5.77. The maximum absolute atomic E-state index is 13.2. The van der Waals surface area contributed by atoms with Gasteiger partial charge in [0.2, 0.25) is 5.91 Å². The van der Waals surface area contributed by atoms with E-state index in [9.17, 15) is 19.8 Å². The third-order valence-electron chi connectivity index (χ3n) is 13.4. The predicted molar refractivity (Wildman–Crippen MR) is 269 cm³/mol. The van der Waals surface area contributed by atoms with Crippen LogP contribution in [0.5, 0.6) is 0 Å². The summed E-state index contributed by atoms with van der Waals surface area (Å²) in [7, 11) is 0. The molecule has 0 aromatic heterocycles. The van der Waals surface area contributed by atoms with Gasteiger partial charge in [-0.15, -0.1) is 0 Å². The molecular formula is C56H111NO5. The molecule has 0 saturated heterocycles. The Morgan fingerprint density at radius 1 is 0.403 bits per heavy atom. The number of hydrogen-bond acceptors (Lipinski definition) is 5. The van der Waals surface area contributed by atoms with E-state index in [1.165, 1.54) is 238 Å². The SMILES string of the molecule is CCCCCCCCCCCCCCCCCCC(CC(=O)NC(CO)C(O)CCCCCCCCCCCCCCCC)OC(=O)CCCCCCCCCCCCCCC.